The van der Waals surface area contributed by atoms with Crippen LogP contribution in [-0.4, -0.2) is 28.5 Å². The van der Waals surface area contributed by atoms with Gasteiger partial charge in [-0.1, -0.05) is 19.3 Å². The molecule has 140 valence electrons. The fourth-order valence-electron chi connectivity index (χ4n) is 3.32. The Morgan fingerprint density at radius 3 is 2.72 bits per heavy atom. The van der Waals surface area contributed by atoms with Gasteiger partial charge in [0, 0.05) is 29.7 Å². The number of hydrogen-bond acceptors (Lipinski definition) is 4. The Labute approximate surface area is 165 Å². The van der Waals surface area contributed by atoms with Crippen molar-refractivity contribution >= 4 is 42.1 Å². The SMILES string of the molecule is Cc1nc(-c2c[nH]c(C(=O)NC(CN)C3CCCCC3)c2)cs1.Cl.Cl. The first-order valence-electron chi connectivity index (χ1n) is 8.29. The molecular formula is C17H26Cl2N4OS. The Morgan fingerprint density at radius 1 is 1.40 bits per heavy atom. The normalized spacial score (nSPS) is 15.8. The Morgan fingerprint density at radius 2 is 2.12 bits per heavy atom. The highest BCUT2D eigenvalue weighted by molar-refractivity contribution is 7.09. The number of aromatic amines is 1. The Balaban J connectivity index is 0.00000156. The first kappa shape index (κ1) is 22.0. The molecule has 4 N–H and O–H groups in total. The topological polar surface area (TPSA) is 83.8 Å². The Hall–Kier alpha value is -1.08. The monoisotopic (exact) mass is 404 g/mol. The van der Waals surface area contributed by atoms with Gasteiger partial charge in [-0.15, -0.1) is 36.2 Å². The van der Waals surface area contributed by atoms with Crippen molar-refractivity contribution in [1.82, 2.24) is 15.3 Å². The molecule has 0 saturated heterocycles. The molecule has 8 heteroatoms. The van der Waals surface area contributed by atoms with E-state index >= 15 is 0 Å². The summed E-state index contributed by atoms with van der Waals surface area (Å²) in [5.41, 5.74) is 8.32. The van der Waals surface area contributed by atoms with Crippen LogP contribution in [0.3, 0.4) is 0 Å². The number of nitrogens with zero attached hydrogens (tertiary/aromatic N) is 1. The lowest BCUT2D eigenvalue weighted by molar-refractivity contribution is 0.0911. The molecule has 0 radical (unpaired) electrons. The van der Waals surface area contributed by atoms with Crippen LogP contribution in [0.5, 0.6) is 0 Å². The van der Waals surface area contributed by atoms with E-state index in [0.717, 1.165) is 29.1 Å². The summed E-state index contributed by atoms with van der Waals surface area (Å²) >= 11 is 1.61. The fourth-order valence-corrected chi connectivity index (χ4v) is 3.94. The highest BCUT2D eigenvalue weighted by Crippen LogP contribution is 2.26. The van der Waals surface area contributed by atoms with E-state index in [2.05, 4.69) is 15.3 Å². The van der Waals surface area contributed by atoms with Gasteiger partial charge in [-0.2, -0.15) is 0 Å². The van der Waals surface area contributed by atoms with Crippen LogP contribution >= 0.6 is 36.2 Å². The first-order valence-corrected chi connectivity index (χ1v) is 9.17. The molecule has 2 aromatic heterocycles. The number of amides is 1. The second-order valence-electron chi connectivity index (χ2n) is 6.27. The zero-order chi connectivity index (χ0) is 16.2. The van der Waals surface area contributed by atoms with Gasteiger partial charge in [-0.3, -0.25) is 4.79 Å². The standard InChI is InChI=1S/C17H24N4OS.2ClH/c1-11-20-16(10-23-11)13-7-14(19-9-13)17(22)21-15(8-18)12-5-3-2-4-6-12;;/h7,9-10,12,15,19H,2-6,8,18H2,1H3,(H,21,22);2*1H. The molecule has 0 aliphatic heterocycles. The van der Waals surface area contributed by atoms with Crippen molar-refractivity contribution in [3.05, 3.63) is 28.3 Å². The number of nitrogens with two attached hydrogens (primary N) is 1. The predicted molar refractivity (Wildman–Crippen MR) is 108 cm³/mol. The maximum absolute atomic E-state index is 12.5. The summed E-state index contributed by atoms with van der Waals surface area (Å²) in [7, 11) is 0. The number of hydrogen-bond donors (Lipinski definition) is 3. The van der Waals surface area contributed by atoms with Crippen molar-refractivity contribution in [2.75, 3.05) is 6.54 Å². The zero-order valence-electron chi connectivity index (χ0n) is 14.3. The van der Waals surface area contributed by atoms with Gasteiger partial charge < -0.3 is 16.0 Å². The van der Waals surface area contributed by atoms with E-state index in [1.54, 1.807) is 11.3 Å². The lowest BCUT2D eigenvalue weighted by atomic mass is 9.84. The molecule has 1 atom stereocenters. The largest absolute Gasteiger partial charge is 0.357 e. The van der Waals surface area contributed by atoms with E-state index in [1.807, 2.05) is 24.6 Å². The van der Waals surface area contributed by atoms with Gasteiger partial charge in [0.25, 0.3) is 5.91 Å². The number of halogens is 2. The molecule has 1 fully saturated rings. The third kappa shape index (κ3) is 5.45. The van der Waals surface area contributed by atoms with E-state index < -0.39 is 0 Å². The van der Waals surface area contributed by atoms with Crippen molar-refractivity contribution in [3.63, 3.8) is 0 Å². The smallest absolute Gasteiger partial charge is 0.267 e. The molecule has 2 aromatic rings. The van der Waals surface area contributed by atoms with Crippen molar-refractivity contribution < 1.29 is 4.79 Å². The van der Waals surface area contributed by atoms with Crippen LogP contribution in [0.4, 0.5) is 0 Å². The third-order valence-electron chi connectivity index (χ3n) is 4.63. The average Bonchev–Trinajstić information content (AvgIpc) is 3.22. The minimum Gasteiger partial charge on any atom is -0.357 e. The van der Waals surface area contributed by atoms with Crippen LogP contribution < -0.4 is 11.1 Å². The number of aryl methyl sites for hydroxylation is 1. The van der Waals surface area contributed by atoms with Crippen molar-refractivity contribution in [2.24, 2.45) is 11.7 Å². The van der Waals surface area contributed by atoms with Gasteiger partial charge >= 0.3 is 0 Å². The van der Waals surface area contributed by atoms with E-state index in [1.165, 1.54) is 19.3 Å². The molecule has 1 aliphatic carbocycles. The lowest BCUT2D eigenvalue weighted by Gasteiger charge is -2.29. The average molecular weight is 405 g/mol. The number of aromatic nitrogens is 2. The minimum absolute atomic E-state index is 0. The summed E-state index contributed by atoms with van der Waals surface area (Å²) in [5.74, 6) is 0.428. The van der Waals surface area contributed by atoms with Gasteiger partial charge in [0.2, 0.25) is 0 Å². The molecule has 0 spiro atoms. The van der Waals surface area contributed by atoms with E-state index in [-0.39, 0.29) is 36.8 Å². The molecule has 0 bridgehead atoms. The number of carbonyl (C=O) groups is 1. The van der Waals surface area contributed by atoms with Crippen LogP contribution in [-0.2, 0) is 0 Å². The summed E-state index contributed by atoms with van der Waals surface area (Å²) in [6.07, 6.45) is 7.95. The molecule has 1 amide bonds. The lowest BCUT2D eigenvalue weighted by Crippen LogP contribution is -2.46. The number of H-pyrrole nitrogens is 1. The quantitative estimate of drug-likeness (QED) is 0.705. The van der Waals surface area contributed by atoms with Crippen molar-refractivity contribution in [1.29, 1.82) is 0 Å². The van der Waals surface area contributed by atoms with Crippen LogP contribution in [0.1, 0.15) is 47.6 Å². The summed E-state index contributed by atoms with van der Waals surface area (Å²) in [5, 5.41) is 6.14. The molecule has 2 heterocycles. The summed E-state index contributed by atoms with van der Waals surface area (Å²) in [4.78, 5) is 20.0. The highest BCUT2D eigenvalue weighted by Gasteiger charge is 2.24. The molecule has 25 heavy (non-hydrogen) atoms. The summed E-state index contributed by atoms with van der Waals surface area (Å²) in [6, 6.07) is 1.93. The van der Waals surface area contributed by atoms with Gasteiger partial charge in [-0.05, 0) is 31.7 Å². The Bertz CT molecular complexity index is 667. The van der Waals surface area contributed by atoms with Gasteiger partial charge in [0.15, 0.2) is 0 Å². The number of thiazole rings is 1. The van der Waals surface area contributed by atoms with E-state index in [4.69, 9.17) is 5.73 Å². The van der Waals surface area contributed by atoms with E-state index in [0.29, 0.717) is 18.2 Å². The molecule has 1 unspecified atom stereocenters. The summed E-state index contributed by atoms with van der Waals surface area (Å²) < 4.78 is 0. The van der Waals surface area contributed by atoms with Crippen LogP contribution in [0.2, 0.25) is 0 Å². The van der Waals surface area contributed by atoms with Gasteiger partial charge in [-0.25, -0.2) is 4.98 Å². The molecular weight excluding hydrogens is 379 g/mol. The predicted octanol–water partition coefficient (Wildman–Crippen LogP) is 3.93. The number of rotatable bonds is 5. The second-order valence-corrected chi connectivity index (χ2v) is 7.33. The van der Waals surface area contributed by atoms with Crippen LogP contribution in [0.15, 0.2) is 17.6 Å². The van der Waals surface area contributed by atoms with Gasteiger partial charge in [0.1, 0.15) is 5.69 Å². The van der Waals surface area contributed by atoms with Gasteiger partial charge in [0.05, 0.1) is 10.7 Å². The summed E-state index contributed by atoms with van der Waals surface area (Å²) in [6.45, 7) is 2.47. The van der Waals surface area contributed by atoms with E-state index in [9.17, 15) is 4.79 Å². The molecule has 0 aromatic carbocycles. The van der Waals surface area contributed by atoms with Crippen molar-refractivity contribution in [3.8, 4) is 11.3 Å². The molecule has 1 aliphatic rings. The molecule has 1 saturated carbocycles. The maximum Gasteiger partial charge on any atom is 0.267 e. The first-order chi connectivity index (χ1) is 11.2. The maximum atomic E-state index is 12.5. The van der Waals surface area contributed by atoms with Crippen LogP contribution in [0, 0.1) is 12.8 Å². The molecule has 5 nitrogen and oxygen atoms in total. The highest BCUT2D eigenvalue weighted by atomic mass is 35.5. The second kappa shape index (κ2) is 10.2. The Kier molecular flexibility index (Phi) is 8.93. The minimum atomic E-state index is -0.0794. The van der Waals surface area contributed by atoms with Crippen LogP contribution in [0.25, 0.3) is 11.3 Å². The third-order valence-corrected chi connectivity index (χ3v) is 5.41. The number of nitrogens with one attached hydrogen (secondary N) is 2. The number of carbonyl (C=O) groups excluding carboxylic acids is 1. The fraction of sp³-hybridized carbons (Fsp3) is 0.529. The molecule has 3 rings (SSSR count). The van der Waals surface area contributed by atoms with Crippen molar-refractivity contribution in [2.45, 2.75) is 45.1 Å². The zero-order valence-corrected chi connectivity index (χ0v) is 16.7.